The fraction of sp³-hybridized carbons (Fsp3) is 0.474. The van der Waals surface area contributed by atoms with Crippen LogP contribution in [0.15, 0.2) is 28.9 Å². The van der Waals surface area contributed by atoms with Crippen LogP contribution in [-0.2, 0) is 16.1 Å². The first-order valence-electron chi connectivity index (χ1n) is 8.89. The summed E-state index contributed by atoms with van der Waals surface area (Å²) < 4.78 is 38.1. The molecule has 1 aromatic carbocycles. The number of benzene rings is 1. The Hall–Kier alpha value is -2.28. The number of carbonyl (C=O) groups is 1. The topological polar surface area (TPSA) is 64.4 Å². The molecule has 1 aromatic heterocycles. The molecule has 2 atom stereocenters. The molecule has 140 valence electrons. The lowest BCUT2D eigenvalue weighted by Gasteiger charge is -2.30. The number of aromatic nitrogens is 1. The minimum Gasteiger partial charge on any atom is -0.466 e. The molecule has 0 bridgehead atoms. The molecule has 1 aliphatic rings. The number of halogens is 2. The number of ether oxygens (including phenoxy) is 1. The van der Waals surface area contributed by atoms with Gasteiger partial charge in [-0.25, -0.2) is 13.8 Å². The molecule has 1 heterocycles. The maximum absolute atomic E-state index is 13.8. The van der Waals surface area contributed by atoms with Crippen LogP contribution >= 0.6 is 0 Å². The number of nitrogens with one attached hydrogen (secondary N) is 1. The average Bonchev–Trinajstić information content (AvgIpc) is 3.09. The molecule has 7 heteroatoms. The quantitative estimate of drug-likeness (QED) is 0.789. The van der Waals surface area contributed by atoms with Gasteiger partial charge in [-0.05, 0) is 31.9 Å². The van der Waals surface area contributed by atoms with Crippen molar-refractivity contribution in [2.45, 2.75) is 45.2 Å². The number of nitrogens with zero attached hydrogens (tertiary/aromatic N) is 1. The van der Waals surface area contributed by atoms with Crippen LogP contribution in [0.4, 0.5) is 8.78 Å². The van der Waals surface area contributed by atoms with E-state index in [1.54, 1.807) is 6.92 Å². The first-order valence-corrected chi connectivity index (χ1v) is 8.89. The van der Waals surface area contributed by atoms with E-state index < -0.39 is 11.6 Å². The molecule has 1 N–H and O–H groups in total. The molecule has 5 nitrogen and oxygen atoms in total. The van der Waals surface area contributed by atoms with Gasteiger partial charge in [0.05, 0.1) is 18.2 Å². The van der Waals surface area contributed by atoms with E-state index in [2.05, 4.69) is 10.3 Å². The Balaban J connectivity index is 1.66. The average molecular weight is 364 g/mol. The van der Waals surface area contributed by atoms with Crippen molar-refractivity contribution in [3.05, 3.63) is 41.8 Å². The summed E-state index contributed by atoms with van der Waals surface area (Å²) in [6, 6.07) is 3.60. The minimum absolute atomic E-state index is 0.00634. The zero-order valence-electron chi connectivity index (χ0n) is 14.6. The second-order valence-corrected chi connectivity index (χ2v) is 6.37. The Bertz CT molecular complexity index is 743. The minimum atomic E-state index is -0.721. The van der Waals surface area contributed by atoms with Gasteiger partial charge in [-0.3, -0.25) is 4.79 Å². The summed E-state index contributed by atoms with van der Waals surface area (Å²) in [5.41, 5.74) is 0.247. The molecule has 3 rings (SSSR count). The SMILES string of the molecule is CCOC(=O)[C@H]1CCCC[C@H]1NCc1coc(-c2c(F)cccc2F)n1. The molecule has 0 spiro atoms. The summed E-state index contributed by atoms with van der Waals surface area (Å²) in [4.78, 5) is 16.3. The molecule has 0 radical (unpaired) electrons. The lowest BCUT2D eigenvalue weighted by atomic mass is 9.84. The van der Waals surface area contributed by atoms with Crippen molar-refractivity contribution in [1.29, 1.82) is 0 Å². The zero-order chi connectivity index (χ0) is 18.5. The molecular weight excluding hydrogens is 342 g/mol. The van der Waals surface area contributed by atoms with Crippen LogP contribution in [0, 0.1) is 17.6 Å². The molecule has 1 fully saturated rings. The van der Waals surface area contributed by atoms with Crippen molar-refractivity contribution in [2.75, 3.05) is 6.61 Å². The summed E-state index contributed by atoms with van der Waals surface area (Å²) in [7, 11) is 0. The van der Waals surface area contributed by atoms with Crippen LogP contribution in [-0.4, -0.2) is 23.6 Å². The summed E-state index contributed by atoms with van der Waals surface area (Å²) >= 11 is 0. The second kappa shape index (κ2) is 8.40. The van der Waals surface area contributed by atoms with E-state index in [1.807, 2.05) is 0 Å². The number of hydrogen-bond acceptors (Lipinski definition) is 5. The van der Waals surface area contributed by atoms with Gasteiger partial charge in [0.1, 0.15) is 23.5 Å². The highest BCUT2D eigenvalue weighted by Gasteiger charge is 2.31. The van der Waals surface area contributed by atoms with E-state index in [1.165, 1.54) is 12.3 Å². The fourth-order valence-corrected chi connectivity index (χ4v) is 3.35. The molecule has 1 saturated carbocycles. The number of oxazole rings is 1. The highest BCUT2D eigenvalue weighted by Crippen LogP contribution is 2.27. The van der Waals surface area contributed by atoms with Gasteiger partial charge in [0.2, 0.25) is 5.89 Å². The Morgan fingerprint density at radius 3 is 2.77 bits per heavy atom. The smallest absolute Gasteiger partial charge is 0.310 e. The van der Waals surface area contributed by atoms with E-state index in [9.17, 15) is 13.6 Å². The summed E-state index contributed by atoms with van der Waals surface area (Å²) in [5.74, 6) is -1.90. The van der Waals surface area contributed by atoms with Crippen molar-refractivity contribution in [1.82, 2.24) is 10.3 Å². The van der Waals surface area contributed by atoms with E-state index in [0.29, 0.717) is 18.8 Å². The number of rotatable bonds is 6. The van der Waals surface area contributed by atoms with E-state index >= 15 is 0 Å². The standard InChI is InChI=1S/C19H22F2N2O3/c1-2-25-19(24)13-6-3-4-9-16(13)22-10-12-11-26-18(23-12)17-14(20)7-5-8-15(17)21/h5,7-8,11,13,16,22H,2-4,6,9-10H2,1H3/t13-,16+/m0/s1. The third-order valence-corrected chi connectivity index (χ3v) is 4.63. The third kappa shape index (κ3) is 4.09. The Morgan fingerprint density at radius 2 is 2.04 bits per heavy atom. The Labute approximate surface area is 150 Å². The molecular formula is C19H22F2N2O3. The molecule has 2 aromatic rings. The monoisotopic (exact) mass is 364 g/mol. The predicted molar refractivity (Wildman–Crippen MR) is 91.1 cm³/mol. The van der Waals surface area contributed by atoms with Gasteiger partial charge in [-0.2, -0.15) is 0 Å². The predicted octanol–water partition coefficient (Wildman–Crippen LogP) is 3.83. The molecule has 0 unspecified atom stereocenters. The summed E-state index contributed by atoms with van der Waals surface area (Å²) in [5, 5.41) is 3.31. The van der Waals surface area contributed by atoms with Gasteiger partial charge in [-0.1, -0.05) is 18.9 Å². The lowest BCUT2D eigenvalue weighted by molar-refractivity contribution is -0.150. The summed E-state index contributed by atoms with van der Waals surface area (Å²) in [6.45, 7) is 2.50. The molecule has 26 heavy (non-hydrogen) atoms. The van der Waals surface area contributed by atoms with Gasteiger partial charge in [0.25, 0.3) is 0 Å². The zero-order valence-corrected chi connectivity index (χ0v) is 14.6. The molecule has 0 saturated heterocycles. The van der Waals surface area contributed by atoms with Crippen LogP contribution in [0.25, 0.3) is 11.5 Å². The van der Waals surface area contributed by atoms with Gasteiger partial charge < -0.3 is 14.5 Å². The maximum atomic E-state index is 13.8. The number of carbonyl (C=O) groups excluding carboxylic acids is 1. The first-order chi connectivity index (χ1) is 12.6. The normalized spacial score (nSPS) is 20.1. The number of hydrogen-bond donors (Lipinski definition) is 1. The van der Waals surface area contributed by atoms with Crippen molar-refractivity contribution in [2.24, 2.45) is 5.92 Å². The number of esters is 1. The highest BCUT2D eigenvalue weighted by atomic mass is 19.1. The lowest BCUT2D eigenvalue weighted by Crippen LogP contribution is -2.42. The van der Waals surface area contributed by atoms with Crippen molar-refractivity contribution in [3.63, 3.8) is 0 Å². The third-order valence-electron chi connectivity index (χ3n) is 4.63. The molecule has 0 aliphatic heterocycles. The largest absolute Gasteiger partial charge is 0.466 e. The van der Waals surface area contributed by atoms with Crippen LogP contribution in [0.1, 0.15) is 38.3 Å². The van der Waals surface area contributed by atoms with Crippen molar-refractivity contribution < 1.29 is 22.7 Å². The highest BCUT2D eigenvalue weighted by molar-refractivity contribution is 5.73. The van der Waals surface area contributed by atoms with Gasteiger partial charge in [-0.15, -0.1) is 0 Å². The van der Waals surface area contributed by atoms with Crippen molar-refractivity contribution >= 4 is 5.97 Å². The maximum Gasteiger partial charge on any atom is 0.310 e. The van der Waals surface area contributed by atoms with Crippen LogP contribution in [0.5, 0.6) is 0 Å². The summed E-state index contributed by atoms with van der Waals surface area (Å²) in [6.07, 6.45) is 5.08. The Kier molecular flexibility index (Phi) is 5.98. The van der Waals surface area contributed by atoms with Crippen LogP contribution in [0.3, 0.4) is 0 Å². The van der Waals surface area contributed by atoms with E-state index in [0.717, 1.165) is 37.8 Å². The van der Waals surface area contributed by atoms with Gasteiger partial charge in [0, 0.05) is 12.6 Å². The fourth-order valence-electron chi connectivity index (χ4n) is 3.35. The van der Waals surface area contributed by atoms with E-state index in [4.69, 9.17) is 9.15 Å². The molecule has 1 aliphatic carbocycles. The second-order valence-electron chi connectivity index (χ2n) is 6.37. The van der Waals surface area contributed by atoms with Gasteiger partial charge in [0.15, 0.2) is 0 Å². The first kappa shape index (κ1) is 18.5. The van der Waals surface area contributed by atoms with Gasteiger partial charge >= 0.3 is 5.97 Å². The Morgan fingerprint density at radius 1 is 1.31 bits per heavy atom. The molecule has 0 amide bonds. The van der Waals surface area contributed by atoms with Crippen LogP contribution < -0.4 is 5.32 Å². The van der Waals surface area contributed by atoms with E-state index in [-0.39, 0.29) is 29.4 Å². The van der Waals surface area contributed by atoms with Crippen LogP contribution in [0.2, 0.25) is 0 Å². The van der Waals surface area contributed by atoms with Crippen molar-refractivity contribution in [3.8, 4) is 11.5 Å².